The van der Waals surface area contributed by atoms with Gasteiger partial charge in [0.15, 0.2) is 0 Å². The van der Waals surface area contributed by atoms with Crippen molar-refractivity contribution >= 4 is 11.5 Å². The van der Waals surface area contributed by atoms with Crippen molar-refractivity contribution in [3.8, 4) is 11.3 Å². The lowest BCUT2D eigenvalue weighted by Crippen LogP contribution is -2.05. The van der Waals surface area contributed by atoms with Gasteiger partial charge >= 0.3 is 5.97 Å². The molecule has 2 aromatic heterocycles. The molecule has 106 valence electrons. The van der Waals surface area contributed by atoms with Crippen LogP contribution in [0.5, 0.6) is 0 Å². The molecule has 3 rings (SSSR count). The molecule has 2 heterocycles. The fourth-order valence-electron chi connectivity index (χ4n) is 2.32. The number of rotatable bonds is 3. The fourth-order valence-corrected chi connectivity index (χ4v) is 2.32. The number of esters is 1. The molecule has 0 N–H and O–H groups in total. The zero-order chi connectivity index (χ0) is 14.8. The smallest absolute Gasteiger partial charge is 0.342 e. The summed E-state index contributed by atoms with van der Waals surface area (Å²) in [6.45, 7) is 4.17. The maximum atomic E-state index is 12.3. The highest BCUT2D eigenvalue weighted by atomic mass is 16.5. The van der Waals surface area contributed by atoms with Crippen LogP contribution in [0.25, 0.3) is 16.8 Å². The molecule has 4 heteroatoms. The molecule has 4 nitrogen and oxygen atoms in total. The van der Waals surface area contributed by atoms with Crippen molar-refractivity contribution in [3.63, 3.8) is 0 Å². The number of ether oxygens (including phenoxy) is 1. The number of aryl methyl sites for hydroxylation is 1. The molecular formula is C17H16N2O2. The van der Waals surface area contributed by atoms with Crippen LogP contribution in [0.1, 0.15) is 22.8 Å². The predicted molar refractivity (Wildman–Crippen MR) is 81.3 cm³/mol. The number of pyridine rings is 1. The van der Waals surface area contributed by atoms with Crippen molar-refractivity contribution in [2.75, 3.05) is 6.61 Å². The van der Waals surface area contributed by atoms with Crippen molar-refractivity contribution in [2.24, 2.45) is 0 Å². The Kier molecular flexibility index (Phi) is 3.44. The Hall–Kier alpha value is -2.62. The lowest BCUT2D eigenvalue weighted by atomic mass is 10.1. The second kappa shape index (κ2) is 5.40. The van der Waals surface area contributed by atoms with Crippen molar-refractivity contribution in [1.82, 2.24) is 9.61 Å². The summed E-state index contributed by atoms with van der Waals surface area (Å²) in [5.41, 5.74) is 4.00. The third-order valence-electron chi connectivity index (χ3n) is 3.34. The van der Waals surface area contributed by atoms with Gasteiger partial charge < -0.3 is 4.74 Å². The summed E-state index contributed by atoms with van der Waals surface area (Å²) in [6.07, 6.45) is 1.83. The number of carbonyl (C=O) groups excluding carboxylic acids is 1. The summed E-state index contributed by atoms with van der Waals surface area (Å²) in [5, 5.41) is 4.53. The molecule has 0 radical (unpaired) electrons. The Balaban J connectivity index is 2.23. The highest BCUT2D eigenvalue weighted by molar-refractivity contribution is 6.03. The van der Waals surface area contributed by atoms with Crippen LogP contribution >= 0.6 is 0 Å². The van der Waals surface area contributed by atoms with E-state index in [4.69, 9.17) is 4.74 Å². The zero-order valence-corrected chi connectivity index (χ0v) is 12.0. The first-order valence-corrected chi connectivity index (χ1v) is 6.92. The minimum Gasteiger partial charge on any atom is -0.462 e. The molecule has 0 saturated carbocycles. The first-order chi connectivity index (χ1) is 10.2. The molecule has 1 aromatic carbocycles. The van der Waals surface area contributed by atoms with Crippen molar-refractivity contribution < 1.29 is 9.53 Å². The predicted octanol–water partition coefficient (Wildman–Crippen LogP) is 3.49. The van der Waals surface area contributed by atoms with Crippen LogP contribution < -0.4 is 0 Å². The van der Waals surface area contributed by atoms with Gasteiger partial charge in [-0.05, 0) is 26.0 Å². The van der Waals surface area contributed by atoms with Gasteiger partial charge in [-0.1, -0.05) is 35.9 Å². The van der Waals surface area contributed by atoms with Gasteiger partial charge in [0.1, 0.15) is 11.3 Å². The minimum absolute atomic E-state index is 0.339. The van der Waals surface area contributed by atoms with E-state index < -0.39 is 0 Å². The summed E-state index contributed by atoms with van der Waals surface area (Å²) in [5.74, 6) is -0.339. The maximum absolute atomic E-state index is 12.3. The van der Waals surface area contributed by atoms with Crippen LogP contribution in [0, 0.1) is 6.92 Å². The fraction of sp³-hybridized carbons (Fsp3) is 0.176. The number of aromatic nitrogens is 2. The molecular weight excluding hydrogens is 264 g/mol. The minimum atomic E-state index is -0.339. The second-order valence-corrected chi connectivity index (χ2v) is 4.84. The van der Waals surface area contributed by atoms with Crippen LogP contribution in [-0.2, 0) is 4.74 Å². The number of hydrogen-bond acceptors (Lipinski definition) is 3. The lowest BCUT2D eigenvalue weighted by Gasteiger charge is -2.03. The number of nitrogens with zero attached hydrogens (tertiary/aromatic N) is 2. The molecule has 0 aliphatic rings. The van der Waals surface area contributed by atoms with E-state index in [0.29, 0.717) is 17.9 Å². The highest BCUT2D eigenvalue weighted by Crippen LogP contribution is 2.27. The molecule has 0 amide bonds. The molecule has 0 saturated heterocycles. The Morgan fingerprint density at radius 2 is 1.95 bits per heavy atom. The highest BCUT2D eigenvalue weighted by Gasteiger charge is 2.21. The van der Waals surface area contributed by atoms with Gasteiger partial charge in [0, 0.05) is 11.8 Å². The monoisotopic (exact) mass is 280 g/mol. The van der Waals surface area contributed by atoms with Crippen LogP contribution in [-0.4, -0.2) is 22.2 Å². The summed E-state index contributed by atoms with van der Waals surface area (Å²) in [6, 6.07) is 13.6. The first kappa shape index (κ1) is 13.4. The normalized spacial score (nSPS) is 10.8. The Morgan fingerprint density at radius 3 is 2.67 bits per heavy atom. The van der Waals surface area contributed by atoms with Crippen LogP contribution in [0.15, 0.2) is 48.7 Å². The van der Waals surface area contributed by atoms with Gasteiger partial charge in [0.2, 0.25) is 0 Å². The van der Waals surface area contributed by atoms with E-state index in [2.05, 4.69) is 5.10 Å². The third kappa shape index (κ3) is 2.40. The van der Waals surface area contributed by atoms with Crippen molar-refractivity contribution in [1.29, 1.82) is 0 Å². The van der Waals surface area contributed by atoms with Gasteiger partial charge in [-0.25, -0.2) is 9.31 Å². The van der Waals surface area contributed by atoms with E-state index >= 15 is 0 Å². The van der Waals surface area contributed by atoms with Crippen LogP contribution in [0.4, 0.5) is 0 Å². The van der Waals surface area contributed by atoms with Gasteiger partial charge in [0.05, 0.1) is 12.1 Å². The molecule has 0 aliphatic carbocycles. The molecule has 0 spiro atoms. The quantitative estimate of drug-likeness (QED) is 0.690. The van der Waals surface area contributed by atoms with Gasteiger partial charge in [-0.2, -0.15) is 5.10 Å². The molecule has 21 heavy (non-hydrogen) atoms. The van der Waals surface area contributed by atoms with E-state index in [9.17, 15) is 4.79 Å². The molecule has 3 aromatic rings. The van der Waals surface area contributed by atoms with E-state index in [-0.39, 0.29) is 5.97 Å². The molecule has 0 bridgehead atoms. The third-order valence-corrected chi connectivity index (χ3v) is 3.34. The van der Waals surface area contributed by atoms with Crippen LogP contribution in [0.3, 0.4) is 0 Å². The van der Waals surface area contributed by atoms with E-state index in [1.165, 1.54) is 5.56 Å². The maximum Gasteiger partial charge on any atom is 0.342 e. The Labute approximate surface area is 123 Å². The van der Waals surface area contributed by atoms with Gasteiger partial charge in [0.25, 0.3) is 0 Å². The average Bonchev–Trinajstić information content (AvgIpc) is 2.87. The SMILES string of the molecule is CCOC(=O)c1c(-c2ccc(C)cc2)nn2ccccc12. The second-order valence-electron chi connectivity index (χ2n) is 4.84. The topological polar surface area (TPSA) is 43.6 Å². The lowest BCUT2D eigenvalue weighted by molar-refractivity contribution is 0.0529. The van der Waals surface area contributed by atoms with Gasteiger partial charge in [-0.3, -0.25) is 0 Å². The molecule has 0 unspecified atom stereocenters. The molecule has 0 aliphatic heterocycles. The number of benzene rings is 1. The molecule has 0 fully saturated rings. The Bertz CT molecular complexity index is 788. The van der Waals surface area contributed by atoms with Crippen LogP contribution in [0.2, 0.25) is 0 Å². The largest absolute Gasteiger partial charge is 0.462 e. The summed E-state index contributed by atoms with van der Waals surface area (Å²) < 4.78 is 6.90. The number of carbonyl (C=O) groups is 1. The summed E-state index contributed by atoms with van der Waals surface area (Å²) in [4.78, 5) is 12.3. The van der Waals surface area contributed by atoms with E-state index in [1.54, 1.807) is 11.4 Å². The Morgan fingerprint density at radius 1 is 1.19 bits per heavy atom. The van der Waals surface area contributed by atoms with E-state index in [0.717, 1.165) is 11.1 Å². The number of fused-ring (bicyclic) bond motifs is 1. The standard InChI is InChI=1S/C17H16N2O2/c1-3-21-17(20)15-14-6-4-5-11-19(14)18-16(15)13-9-7-12(2)8-10-13/h4-11H,3H2,1-2H3. The summed E-state index contributed by atoms with van der Waals surface area (Å²) in [7, 11) is 0. The average molecular weight is 280 g/mol. The zero-order valence-electron chi connectivity index (χ0n) is 12.0. The van der Waals surface area contributed by atoms with Crippen molar-refractivity contribution in [3.05, 3.63) is 59.8 Å². The van der Waals surface area contributed by atoms with Gasteiger partial charge in [-0.15, -0.1) is 0 Å². The first-order valence-electron chi connectivity index (χ1n) is 6.92. The van der Waals surface area contributed by atoms with Crippen molar-refractivity contribution in [2.45, 2.75) is 13.8 Å². The van der Waals surface area contributed by atoms with E-state index in [1.807, 2.05) is 55.6 Å². The number of hydrogen-bond donors (Lipinski definition) is 0. The molecule has 0 atom stereocenters. The summed E-state index contributed by atoms with van der Waals surface area (Å²) >= 11 is 0.